The van der Waals surface area contributed by atoms with Crippen LogP contribution in [-0.4, -0.2) is 37.0 Å². The lowest BCUT2D eigenvalue weighted by molar-refractivity contribution is -0.123. The number of nitrogens with zero attached hydrogens (tertiary/aromatic N) is 1. The summed E-state index contributed by atoms with van der Waals surface area (Å²) < 4.78 is 0. The second-order valence-corrected chi connectivity index (χ2v) is 5.66. The number of carbonyl (C=O) groups excluding carboxylic acids is 1. The fraction of sp³-hybridized carbons (Fsp3) is 0.562. The first-order valence-corrected chi connectivity index (χ1v) is 7.45. The number of benzene rings is 1. The lowest BCUT2D eigenvalue weighted by Crippen LogP contribution is -2.43. The molecule has 0 aromatic heterocycles. The lowest BCUT2D eigenvalue weighted by Gasteiger charge is -2.31. The van der Waals surface area contributed by atoms with Crippen LogP contribution < -0.4 is 11.1 Å². The SMILES string of the molecule is CC(NC(=O)CN1CCC(CN)CC1)c1ccccc1.Cl. The number of hydrogen-bond acceptors (Lipinski definition) is 3. The standard InChI is InChI=1S/C16H25N3O.ClH/c1-13(15-5-3-2-4-6-15)18-16(20)12-19-9-7-14(11-17)8-10-19;/h2-6,13-14H,7-12,17H2,1H3,(H,18,20);1H. The molecular weight excluding hydrogens is 286 g/mol. The molecule has 1 amide bonds. The van der Waals surface area contributed by atoms with E-state index >= 15 is 0 Å². The average molecular weight is 312 g/mol. The zero-order valence-electron chi connectivity index (χ0n) is 12.6. The number of piperidine rings is 1. The van der Waals surface area contributed by atoms with E-state index in [2.05, 4.69) is 10.2 Å². The summed E-state index contributed by atoms with van der Waals surface area (Å²) in [6.07, 6.45) is 2.22. The minimum atomic E-state index is 0. The molecule has 4 nitrogen and oxygen atoms in total. The van der Waals surface area contributed by atoms with Crippen LogP contribution in [0, 0.1) is 5.92 Å². The minimum absolute atomic E-state index is 0. The molecule has 0 aliphatic carbocycles. The van der Waals surface area contributed by atoms with Crippen molar-refractivity contribution in [1.82, 2.24) is 10.2 Å². The molecular formula is C16H26ClN3O. The predicted octanol–water partition coefficient (Wildman–Crippen LogP) is 1.96. The molecule has 1 unspecified atom stereocenters. The molecule has 1 saturated heterocycles. The Kier molecular flexibility index (Phi) is 7.72. The van der Waals surface area contributed by atoms with Crippen molar-refractivity contribution in [1.29, 1.82) is 0 Å². The highest BCUT2D eigenvalue weighted by atomic mass is 35.5. The molecule has 3 N–H and O–H groups in total. The molecule has 0 bridgehead atoms. The molecule has 1 aromatic rings. The van der Waals surface area contributed by atoms with E-state index in [1.807, 2.05) is 37.3 Å². The van der Waals surface area contributed by atoms with Crippen LogP contribution in [0.25, 0.3) is 0 Å². The fourth-order valence-electron chi connectivity index (χ4n) is 2.70. The van der Waals surface area contributed by atoms with Crippen molar-refractivity contribution in [2.24, 2.45) is 11.7 Å². The summed E-state index contributed by atoms with van der Waals surface area (Å²) in [5, 5.41) is 3.06. The Morgan fingerprint density at radius 3 is 2.52 bits per heavy atom. The van der Waals surface area contributed by atoms with Crippen molar-refractivity contribution in [3.8, 4) is 0 Å². The van der Waals surface area contributed by atoms with Crippen molar-refractivity contribution < 1.29 is 4.79 Å². The number of nitrogens with one attached hydrogen (secondary N) is 1. The maximum absolute atomic E-state index is 12.1. The van der Waals surface area contributed by atoms with Crippen LogP contribution in [-0.2, 0) is 4.79 Å². The van der Waals surface area contributed by atoms with E-state index in [9.17, 15) is 4.79 Å². The Morgan fingerprint density at radius 1 is 1.33 bits per heavy atom. The molecule has 0 radical (unpaired) electrons. The monoisotopic (exact) mass is 311 g/mol. The van der Waals surface area contributed by atoms with E-state index in [1.165, 1.54) is 0 Å². The van der Waals surface area contributed by atoms with Gasteiger partial charge in [0.2, 0.25) is 5.91 Å². The van der Waals surface area contributed by atoms with E-state index in [-0.39, 0.29) is 24.4 Å². The Morgan fingerprint density at radius 2 is 1.95 bits per heavy atom. The van der Waals surface area contributed by atoms with Crippen LogP contribution in [0.4, 0.5) is 0 Å². The van der Waals surface area contributed by atoms with Crippen molar-refractivity contribution >= 4 is 18.3 Å². The summed E-state index contributed by atoms with van der Waals surface area (Å²) >= 11 is 0. The maximum Gasteiger partial charge on any atom is 0.234 e. The number of rotatable bonds is 5. The minimum Gasteiger partial charge on any atom is -0.348 e. The molecule has 5 heteroatoms. The summed E-state index contributed by atoms with van der Waals surface area (Å²) in [4.78, 5) is 14.3. The highest BCUT2D eigenvalue weighted by Gasteiger charge is 2.20. The second-order valence-electron chi connectivity index (χ2n) is 5.66. The van der Waals surface area contributed by atoms with Crippen LogP contribution in [0.3, 0.4) is 0 Å². The van der Waals surface area contributed by atoms with Crippen LogP contribution in [0.2, 0.25) is 0 Å². The summed E-state index contributed by atoms with van der Waals surface area (Å²) in [5.41, 5.74) is 6.82. The molecule has 118 valence electrons. The highest BCUT2D eigenvalue weighted by molar-refractivity contribution is 5.85. The molecule has 1 heterocycles. The predicted molar refractivity (Wildman–Crippen MR) is 88.5 cm³/mol. The van der Waals surface area contributed by atoms with Gasteiger partial charge >= 0.3 is 0 Å². The molecule has 1 aliphatic heterocycles. The van der Waals surface area contributed by atoms with Crippen LogP contribution in [0.15, 0.2) is 30.3 Å². The van der Waals surface area contributed by atoms with Gasteiger partial charge in [-0.15, -0.1) is 12.4 Å². The van der Waals surface area contributed by atoms with Crippen molar-refractivity contribution in [3.05, 3.63) is 35.9 Å². The van der Waals surface area contributed by atoms with Gasteiger partial charge in [-0.1, -0.05) is 30.3 Å². The lowest BCUT2D eigenvalue weighted by atomic mass is 9.97. The quantitative estimate of drug-likeness (QED) is 0.874. The summed E-state index contributed by atoms with van der Waals surface area (Å²) in [7, 11) is 0. The van der Waals surface area contributed by atoms with Gasteiger partial charge in [-0.3, -0.25) is 9.69 Å². The third-order valence-corrected chi connectivity index (χ3v) is 4.08. The first kappa shape index (κ1) is 18.0. The Hall–Kier alpha value is -1.10. The fourth-order valence-corrected chi connectivity index (χ4v) is 2.70. The summed E-state index contributed by atoms with van der Waals surface area (Å²) in [6.45, 7) is 5.25. The molecule has 0 saturated carbocycles. The number of hydrogen-bond donors (Lipinski definition) is 2. The van der Waals surface area contributed by atoms with Gasteiger partial charge in [0.15, 0.2) is 0 Å². The Bertz CT molecular complexity index is 419. The van der Waals surface area contributed by atoms with E-state index in [0.717, 1.165) is 38.0 Å². The molecule has 1 atom stereocenters. The van der Waals surface area contributed by atoms with Gasteiger partial charge in [-0.05, 0) is 50.9 Å². The summed E-state index contributed by atoms with van der Waals surface area (Å²) in [5.74, 6) is 0.741. The third kappa shape index (κ3) is 5.65. The second kappa shape index (κ2) is 9.03. The zero-order chi connectivity index (χ0) is 14.4. The molecule has 1 aliphatic rings. The summed E-state index contributed by atoms with van der Waals surface area (Å²) in [6, 6.07) is 10.1. The largest absolute Gasteiger partial charge is 0.348 e. The van der Waals surface area contributed by atoms with E-state index in [1.54, 1.807) is 0 Å². The number of likely N-dealkylation sites (tertiary alicyclic amines) is 1. The first-order valence-electron chi connectivity index (χ1n) is 7.45. The highest BCUT2D eigenvalue weighted by Crippen LogP contribution is 2.16. The number of amides is 1. The number of halogens is 1. The molecule has 21 heavy (non-hydrogen) atoms. The Balaban J connectivity index is 0.00000220. The van der Waals surface area contributed by atoms with Crippen molar-refractivity contribution in [2.75, 3.05) is 26.2 Å². The van der Waals surface area contributed by atoms with E-state index in [4.69, 9.17) is 5.73 Å². The normalized spacial score (nSPS) is 17.8. The van der Waals surface area contributed by atoms with Gasteiger partial charge in [0, 0.05) is 0 Å². The van der Waals surface area contributed by atoms with Gasteiger partial charge in [0.1, 0.15) is 0 Å². The zero-order valence-corrected chi connectivity index (χ0v) is 13.4. The van der Waals surface area contributed by atoms with Crippen molar-refractivity contribution in [3.63, 3.8) is 0 Å². The molecule has 2 rings (SSSR count). The van der Waals surface area contributed by atoms with E-state index in [0.29, 0.717) is 12.5 Å². The maximum atomic E-state index is 12.1. The molecule has 0 spiro atoms. The average Bonchev–Trinajstić information content (AvgIpc) is 2.49. The van der Waals surface area contributed by atoms with Crippen LogP contribution in [0.1, 0.15) is 31.4 Å². The van der Waals surface area contributed by atoms with Crippen LogP contribution in [0.5, 0.6) is 0 Å². The molecule has 1 fully saturated rings. The van der Waals surface area contributed by atoms with Crippen LogP contribution >= 0.6 is 12.4 Å². The van der Waals surface area contributed by atoms with Gasteiger partial charge in [0.05, 0.1) is 12.6 Å². The smallest absolute Gasteiger partial charge is 0.234 e. The number of carbonyl (C=O) groups is 1. The number of nitrogens with two attached hydrogens (primary N) is 1. The Labute approximate surface area is 133 Å². The van der Waals surface area contributed by atoms with Gasteiger partial charge in [-0.25, -0.2) is 0 Å². The van der Waals surface area contributed by atoms with Gasteiger partial charge in [-0.2, -0.15) is 0 Å². The van der Waals surface area contributed by atoms with Gasteiger partial charge < -0.3 is 11.1 Å². The van der Waals surface area contributed by atoms with Crippen molar-refractivity contribution in [2.45, 2.75) is 25.8 Å². The topological polar surface area (TPSA) is 58.4 Å². The third-order valence-electron chi connectivity index (χ3n) is 4.08. The van der Waals surface area contributed by atoms with E-state index < -0.39 is 0 Å². The first-order chi connectivity index (χ1) is 9.69. The molecule has 1 aromatic carbocycles. The van der Waals surface area contributed by atoms with Gasteiger partial charge in [0.25, 0.3) is 0 Å².